The third-order valence-electron chi connectivity index (χ3n) is 3.22. The van der Waals surface area contributed by atoms with Crippen molar-refractivity contribution in [3.05, 3.63) is 24.3 Å². The number of para-hydroxylation sites is 2. The number of benzene rings is 1. The second-order valence-corrected chi connectivity index (χ2v) is 4.73. The van der Waals surface area contributed by atoms with E-state index < -0.39 is 0 Å². The number of nitrogen functional groups attached to an aromatic ring is 1. The summed E-state index contributed by atoms with van der Waals surface area (Å²) in [5.74, 6) is 0.762. The predicted molar refractivity (Wildman–Crippen MR) is 72.6 cm³/mol. The summed E-state index contributed by atoms with van der Waals surface area (Å²) in [7, 11) is 0. The molecule has 1 aliphatic rings. The van der Waals surface area contributed by atoms with Crippen molar-refractivity contribution < 1.29 is 9.84 Å². The molecule has 1 aromatic rings. The molecule has 2 rings (SSSR count). The molecule has 1 fully saturated rings. The van der Waals surface area contributed by atoms with Gasteiger partial charge in [0.15, 0.2) is 0 Å². The first-order valence-corrected chi connectivity index (χ1v) is 6.63. The minimum atomic E-state index is 0.239. The van der Waals surface area contributed by atoms with Crippen molar-refractivity contribution in [2.45, 2.75) is 25.3 Å². The molecule has 0 bridgehead atoms. The molecule has 1 saturated carbocycles. The first-order valence-electron chi connectivity index (χ1n) is 6.63. The van der Waals surface area contributed by atoms with E-state index in [4.69, 9.17) is 15.6 Å². The van der Waals surface area contributed by atoms with E-state index >= 15 is 0 Å². The van der Waals surface area contributed by atoms with E-state index in [1.54, 1.807) is 0 Å². The smallest absolute Gasteiger partial charge is 0.142 e. The Labute approximate surface area is 108 Å². The number of hydrogen-bond donors (Lipinski definition) is 2. The van der Waals surface area contributed by atoms with Gasteiger partial charge in [-0.1, -0.05) is 12.1 Å². The van der Waals surface area contributed by atoms with Gasteiger partial charge in [-0.05, 0) is 31.4 Å². The van der Waals surface area contributed by atoms with E-state index in [1.165, 1.54) is 12.8 Å². The van der Waals surface area contributed by atoms with Crippen LogP contribution in [0.5, 0.6) is 5.75 Å². The maximum atomic E-state index is 8.99. The summed E-state index contributed by atoms with van der Waals surface area (Å²) in [4.78, 5) is 2.34. The van der Waals surface area contributed by atoms with Gasteiger partial charge in [-0.15, -0.1) is 0 Å². The number of rotatable bonds is 8. The molecule has 18 heavy (non-hydrogen) atoms. The number of aliphatic hydroxyl groups is 1. The summed E-state index contributed by atoms with van der Waals surface area (Å²) < 4.78 is 5.65. The Balaban J connectivity index is 1.67. The summed E-state index contributed by atoms with van der Waals surface area (Å²) in [6.07, 6.45) is 3.50. The number of anilines is 1. The van der Waals surface area contributed by atoms with Crippen molar-refractivity contribution in [2.24, 2.45) is 0 Å². The molecule has 3 N–H and O–H groups in total. The van der Waals surface area contributed by atoms with Crippen LogP contribution in [0.1, 0.15) is 19.3 Å². The minimum absolute atomic E-state index is 0.239. The summed E-state index contributed by atoms with van der Waals surface area (Å²) in [6.45, 7) is 2.67. The molecular formula is C14H22N2O2. The highest BCUT2D eigenvalue weighted by atomic mass is 16.5. The Morgan fingerprint density at radius 1 is 1.28 bits per heavy atom. The fourth-order valence-electron chi connectivity index (χ4n) is 2.11. The standard InChI is InChI=1S/C14H22N2O2/c15-13-4-1-2-5-14(13)18-11-3-8-16(9-10-17)12-6-7-12/h1-2,4-5,12,17H,3,6-11,15H2. The SMILES string of the molecule is Nc1ccccc1OCCCN(CCO)C1CC1. The zero-order valence-electron chi connectivity index (χ0n) is 10.7. The van der Waals surface area contributed by atoms with Crippen molar-refractivity contribution in [1.29, 1.82) is 0 Å². The topological polar surface area (TPSA) is 58.7 Å². The minimum Gasteiger partial charge on any atom is -0.491 e. The molecular weight excluding hydrogens is 228 g/mol. The molecule has 0 radical (unpaired) electrons. The molecule has 0 unspecified atom stereocenters. The first kappa shape index (κ1) is 13.2. The van der Waals surface area contributed by atoms with Crippen molar-refractivity contribution in [3.8, 4) is 5.75 Å². The lowest BCUT2D eigenvalue weighted by atomic mass is 10.3. The summed E-state index contributed by atoms with van der Waals surface area (Å²) in [5, 5.41) is 8.99. The largest absolute Gasteiger partial charge is 0.491 e. The zero-order chi connectivity index (χ0) is 12.8. The van der Waals surface area contributed by atoms with Crippen LogP contribution in [0.15, 0.2) is 24.3 Å². The van der Waals surface area contributed by atoms with E-state index in [2.05, 4.69) is 4.90 Å². The molecule has 100 valence electrons. The van der Waals surface area contributed by atoms with Gasteiger partial charge in [0.05, 0.1) is 18.9 Å². The van der Waals surface area contributed by atoms with Gasteiger partial charge >= 0.3 is 0 Å². The molecule has 0 spiro atoms. The Hall–Kier alpha value is -1.26. The van der Waals surface area contributed by atoms with Gasteiger partial charge in [-0.3, -0.25) is 4.90 Å². The van der Waals surface area contributed by atoms with Crippen molar-refractivity contribution >= 4 is 5.69 Å². The second kappa shape index (κ2) is 6.61. The van der Waals surface area contributed by atoms with Gasteiger partial charge in [0, 0.05) is 19.1 Å². The zero-order valence-corrected chi connectivity index (χ0v) is 10.7. The van der Waals surface area contributed by atoms with Gasteiger partial charge in [-0.25, -0.2) is 0 Å². The Morgan fingerprint density at radius 2 is 2.06 bits per heavy atom. The number of ether oxygens (including phenoxy) is 1. The molecule has 0 aromatic heterocycles. The highest BCUT2D eigenvalue weighted by Crippen LogP contribution is 2.26. The molecule has 0 saturated heterocycles. The van der Waals surface area contributed by atoms with Crippen LogP contribution in [0.3, 0.4) is 0 Å². The number of hydrogen-bond acceptors (Lipinski definition) is 4. The van der Waals surface area contributed by atoms with Crippen molar-refractivity contribution in [1.82, 2.24) is 4.90 Å². The Bertz CT molecular complexity index is 367. The van der Waals surface area contributed by atoms with E-state index in [0.29, 0.717) is 18.3 Å². The maximum Gasteiger partial charge on any atom is 0.142 e. The van der Waals surface area contributed by atoms with Crippen LogP contribution in [0.25, 0.3) is 0 Å². The van der Waals surface area contributed by atoms with Crippen LogP contribution in [-0.4, -0.2) is 42.4 Å². The van der Waals surface area contributed by atoms with Crippen molar-refractivity contribution in [3.63, 3.8) is 0 Å². The molecule has 1 aromatic carbocycles. The van der Waals surface area contributed by atoms with Gasteiger partial charge in [0.2, 0.25) is 0 Å². The summed E-state index contributed by atoms with van der Waals surface area (Å²) in [6, 6.07) is 8.25. The van der Waals surface area contributed by atoms with Crippen LogP contribution in [0, 0.1) is 0 Å². The summed E-state index contributed by atoms with van der Waals surface area (Å²) in [5.41, 5.74) is 6.49. The van der Waals surface area contributed by atoms with Crippen LogP contribution in [-0.2, 0) is 0 Å². The molecule has 4 heteroatoms. The van der Waals surface area contributed by atoms with Gasteiger partial charge in [0.25, 0.3) is 0 Å². The van der Waals surface area contributed by atoms with E-state index in [-0.39, 0.29) is 6.61 Å². The quantitative estimate of drug-likeness (QED) is 0.542. The third-order valence-corrected chi connectivity index (χ3v) is 3.22. The Morgan fingerprint density at radius 3 is 2.72 bits per heavy atom. The predicted octanol–water partition coefficient (Wildman–Crippen LogP) is 1.49. The monoisotopic (exact) mass is 250 g/mol. The van der Waals surface area contributed by atoms with Gasteiger partial charge in [0.1, 0.15) is 5.75 Å². The molecule has 0 aliphatic heterocycles. The van der Waals surface area contributed by atoms with Crippen LogP contribution >= 0.6 is 0 Å². The highest BCUT2D eigenvalue weighted by molar-refractivity contribution is 5.51. The average Bonchev–Trinajstić information content (AvgIpc) is 3.19. The van der Waals surface area contributed by atoms with E-state index in [0.717, 1.165) is 25.3 Å². The fourth-order valence-corrected chi connectivity index (χ4v) is 2.11. The van der Waals surface area contributed by atoms with Crippen molar-refractivity contribution in [2.75, 3.05) is 32.0 Å². The van der Waals surface area contributed by atoms with Gasteiger partial charge in [-0.2, -0.15) is 0 Å². The number of nitrogens with two attached hydrogens (primary N) is 1. The lowest BCUT2D eigenvalue weighted by Gasteiger charge is -2.20. The molecule has 1 aliphatic carbocycles. The van der Waals surface area contributed by atoms with Gasteiger partial charge < -0.3 is 15.6 Å². The molecule has 0 amide bonds. The molecule has 0 atom stereocenters. The van der Waals surface area contributed by atoms with E-state index in [9.17, 15) is 0 Å². The lowest BCUT2D eigenvalue weighted by Crippen LogP contribution is -2.31. The average molecular weight is 250 g/mol. The number of nitrogens with zero attached hydrogens (tertiary/aromatic N) is 1. The molecule has 0 heterocycles. The fraction of sp³-hybridized carbons (Fsp3) is 0.571. The first-order chi connectivity index (χ1) is 8.81. The number of aliphatic hydroxyl groups excluding tert-OH is 1. The van der Waals surface area contributed by atoms with E-state index in [1.807, 2.05) is 24.3 Å². The lowest BCUT2D eigenvalue weighted by molar-refractivity contribution is 0.177. The normalized spacial score (nSPS) is 15.0. The Kier molecular flexibility index (Phi) is 4.84. The van der Waals surface area contributed by atoms with Crippen LogP contribution in [0.4, 0.5) is 5.69 Å². The third kappa shape index (κ3) is 3.89. The molecule has 4 nitrogen and oxygen atoms in total. The van der Waals surface area contributed by atoms with Crippen LogP contribution in [0.2, 0.25) is 0 Å². The highest BCUT2D eigenvalue weighted by Gasteiger charge is 2.27. The maximum absolute atomic E-state index is 8.99. The second-order valence-electron chi connectivity index (χ2n) is 4.73. The van der Waals surface area contributed by atoms with Crippen LogP contribution < -0.4 is 10.5 Å². The summed E-state index contributed by atoms with van der Waals surface area (Å²) >= 11 is 0.